The van der Waals surface area contributed by atoms with Crippen molar-refractivity contribution in [3.8, 4) is 0 Å². The molecular weight excluding hydrogens is 268 g/mol. The second-order valence-corrected chi connectivity index (χ2v) is 6.43. The minimum atomic E-state index is -0.485. The number of hydrogen-bond donors (Lipinski definition) is 2. The molecule has 1 saturated heterocycles. The lowest BCUT2D eigenvalue weighted by Gasteiger charge is -2.28. The quantitative estimate of drug-likeness (QED) is 0.722. The predicted molar refractivity (Wildman–Crippen MR) is 82.1 cm³/mol. The van der Waals surface area contributed by atoms with Gasteiger partial charge >= 0.3 is 0 Å². The average Bonchev–Trinajstić information content (AvgIpc) is 2.75. The van der Waals surface area contributed by atoms with Crippen molar-refractivity contribution in [3.63, 3.8) is 0 Å². The van der Waals surface area contributed by atoms with Crippen LogP contribution < -0.4 is 5.32 Å². The maximum atomic E-state index is 12.0. The summed E-state index contributed by atoms with van der Waals surface area (Å²) >= 11 is 0. The molecule has 1 aliphatic heterocycles. The lowest BCUT2D eigenvalue weighted by molar-refractivity contribution is -0.122. The first-order valence-electron chi connectivity index (χ1n) is 8.49. The van der Waals surface area contributed by atoms with E-state index in [-0.39, 0.29) is 5.91 Å². The SMILES string of the molecule is O=C(CC1CCCCCC1)NCC(O)CN1CCOCC1. The third-order valence-electron chi connectivity index (χ3n) is 4.56. The normalized spacial score (nSPS) is 23.5. The minimum absolute atomic E-state index is 0.0999. The van der Waals surface area contributed by atoms with Crippen molar-refractivity contribution in [1.29, 1.82) is 0 Å². The van der Waals surface area contributed by atoms with Crippen LogP contribution in [0.2, 0.25) is 0 Å². The van der Waals surface area contributed by atoms with E-state index < -0.39 is 6.10 Å². The first-order chi connectivity index (χ1) is 10.2. The lowest BCUT2D eigenvalue weighted by atomic mass is 9.96. The Hall–Kier alpha value is -0.650. The van der Waals surface area contributed by atoms with Gasteiger partial charge in [-0.1, -0.05) is 25.7 Å². The topological polar surface area (TPSA) is 61.8 Å². The zero-order chi connectivity index (χ0) is 14.9. The van der Waals surface area contributed by atoms with Crippen molar-refractivity contribution >= 4 is 5.91 Å². The van der Waals surface area contributed by atoms with Gasteiger partial charge < -0.3 is 15.2 Å². The molecule has 1 aliphatic carbocycles. The van der Waals surface area contributed by atoms with Gasteiger partial charge in [-0.25, -0.2) is 0 Å². The van der Waals surface area contributed by atoms with Crippen LogP contribution >= 0.6 is 0 Å². The van der Waals surface area contributed by atoms with Crippen LogP contribution in [0.4, 0.5) is 0 Å². The molecule has 0 spiro atoms. The molecule has 2 N–H and O–H groups in total. The van der Waals surface area contributed by atoms with E-state index in [2.05, 4.69) is 10.2 Å². The monoisotopic (exact) mass is 298 g/mol. The van der Waals surface area contributed by atoms with Gasteiger partial charge in [-0.05, 0) is 18.8 Å². The summed E-state index contributed by atoms with van der Waals surface area (Å²) in [4.78, 5) is 14.2. The molecule has 0 aromatic rings. The average molecular weight is 298 g/mol. The van der Waals surface area contributed by atoms with Crippen molar-refractivity contribution in [3.05, 3.63) is 0 Å². The molecule has 0 radical (unpaired) electrons. The number of carbonyl (C=O) groups is 1. The zero-order valence-corrected chi connectivity index (χ0v) is 13.1. The van der Waals surface area contributed by atoms with Crippen LogP contribution in [0.15, 0.2) is 0 Å². The number of aliphatic hydroxyl groups is 1. The molecule has 5 heteroatoms. The fourth-order valence-corrected chi connectivity index (χ4v) is 3.28. The molecule has 1 saturated carbocycles. The van der Waals surface area contributed by atoms with Gasteiger partial charge in [-0.2, -0.15) is 0 Å². The molecule has 1 unspecified atom stereocenters. The Morgan fingerprint density at radius 1 is 1.19 bits per heavy atom. The summed E-state index contributed by atoms with van der Waals surface area (Å²) in [5, 5.41) is 12.9. The largest absolute Gasteiger partial charge is 0.390 e. The number of carbonyl (C=O) groups excluding carboxylic acids is 1. The summed E-state index contributed by atoms with van der Waals surface area (Å²) in [6.45, 7) is 4.19. The number of nitrogens with one attached hydrogen (secondary N) is 1. The highest BCUT2D eigenvalue weighted by Gasteiger charge is 2.18. The van der Waals surface area contributed by atoms with Crippen LogP contribution in [0.5, 0.6) is 0 Å². The van der Waals surface area contributed by atoms with E-state index in [1.807, 2.05) is 0 Å². The van der Waals surface area contributed by atoms with Gasteiger partial charge in [0.25, 0.3) is 0 Å². The molecule has 0 aromatic carbocycles. The first-order valence-corrected chi connectivity index (χ1v) is 8.49. The number of β-amino-alcohol motifs (C(OH)–C–C–N with tert-alkyl or cyclic N) is 1. The lowest BCUT2D eigenvalue weighted by Crippen LogP contribution is -2.44. The van der Waals surface area contributed by atoms with Crippen molar-refractivity contribution in [2.45, 2.75) is 51.0 Å². The van der Waals surface area contributed by atoms with Crippen molar-refractivity contribution in [2.24, 2.45) is 5.92 Å². The molecule has 122 valence electrons. The van der Waals surface area contributed by atoms with Gasteiger partial charge in [0.1, 0.15) is 0 Å². The van der Waals surface area contributed by atoms with Crippen LogP contribution in [-0.4, -0.2) is 61.4 Å². The molecule has 1 atom stereocenters. The Morgan fingerprint density at radius 2 is 1.86 bits per heavy atom. The maximum absolute atomic E-state index is 12.0. The van der Waals surface area contributed by atoms with Crippen LogP contribution in [0, 0.1) is 5.92 Å². The van der Waals surface area contributed by atoms with E-state index in [1.165, 1.54) is 38.5 Å². The fraction of sp³-hybridized carbons (Fsp3) is 0.938. The van der Waals surface area contributed by atoms with Crippen LogP contribution in [0.1, 0.15) is 44.9 Å². The number of ether oxygens (including phenoxy) is 1. The van der Waals surface area contributed by atoms with Crippen LogP contribution in [0.3, 0.4) is 0 Å². The van der Waals surface area contributed by atoms with Gasteiger partial charge in [-0.15, -0.1) is 0 Å². The Bertz CT molecular complexity index is 298. The van der Waals surface area contributed by atoms with E-state index >= 15 is 0 Å². The van der Waals surface area contributed by atoms with Gasteiger partial charge in [0, 0.05) is 32.6 Å². The van der Waals surface area contributed by atoms with E-state index in [4.69, 9.17) is 4.74 Å². The summed E-state index contributed by atoms with van der Waals surface area (Å²) in [6.07, 6.45) is 7.67. The van der Waals surface area contributed by atoms with Crippen LogP contribution in [-0.2, 0) is 9.53 Å². The van der Waals surface area contributed by atoms with Gasteiger partial charge in [0.15, 0.2) is 0 Å². The van der Waals surface area contributed by atoms with Crippen LogP contribution in [0.25, 0.3) is 0 Å². The number of amides is 1. The van der Waals surface area contributed by atoms with Gasteiger partial charge in [0.2, 0.25) is 5.91 Å². The number of nitrogens with zero attached hydrogens (tertiary/aromatic N) is 1. The van der Waals surface area contributed by atoms with Crippen molar-refractivity contribution in [2.75, 3.05) is 39.4 Å². The van der Waals surface area contributed by atoms with Gasteiger partial charge in [-0.3, -0.25) is 9.69 Å². The summed E-state index contributed by atoms with van der Waals surface area (Å²) in [5.41, 5.74) is 0. The molecule has 1 heterocycles. The Kier molecular flexibility index (Phi) is 7.47. The predicted octanol–water partition coefficient (Wildman–Crippen LogP) is 1.16. The molecule has 5 nitrogen and oxygen atoms in total. The molecule has 21 heavy (non-hydrogen) atoms. The molecule has 1 amide bonds. The second-order valence-electron chi connectivity index (χ2n) is 6.43. The third-order valence-corrected chi connectivity index (χ3v) is 4.56. The Balaban J connectivity index is 1.58. The van der Waals surface area contributed by atoms with E-state index in [0.717, 1.165) is 26.3 Å². The number of hydrogen-bond acceptors (Lipinski definition) is 4. The number of morpholine rings is 1. The highest BCUT2D eigenvalue weighted by atomic mass is 16.5. The maximum Gasteiger partial charge on any atom is 0.220 e. The summed E-state index contributed by atoms with van der Waals surface area (Å²) < 4.78 is 5.28. The van der Waals surface area contributed by atoms with Crippen molar-refractivity contribution in [1.82, 2.24) is 10.2 Å². The Labute approximate surface area is 128 Å². The molecule has 0 bridgehead atoms. The zero-order valence-electron chi connectivity index (χ0n) is 13.1. The summed E-state index contributed by atoms with van der Waals surface area (Å²) in [7, 11) is 0. The van der Waals surface area contributed by atoms with E-state index in [9.17, 15) is 9.90 Å². The molecule has 2 fully saturated rings. The molecule has 0 aromatic heterocycles. The van der Waals surface area contributed by atoms with Crippen molar-refractivity contribution < 1.29 is 14.6 Å². The smallest absolute Gasteiger partial charge is 0.220 e. The highest BCUT2D eigenvalue weighted by Crippen LogP contribution is 2.25. The highest BCUT2D eigenvalue weighted by molar-refractivity contribution is 5.76. The summed E-state index contributed by atoms with van der Waals surface area (Å²) in [5.74, 6) is 0.645. The number of rotatable bonds is 6. The number of aliphatic hydroxyl groups excluding tert-OH is 1. The third kappa shape index (κ3) is 6.76. The van der Waals surface area contributed by atoms with E-state index in [1.54, 1.807) is 0 Å². The standard InChI is InChI=1S/C16H30N2O3/c19-15(13-18-7-9-21-10-8-18)12-17-16(20)11-14-5-3-1-2-4-6-14/h14-15,19H,1-13H2,(H,17,20). The fourth-order valence-electron chi connectivity index (χ4n) is 3.28. The Morgan fingerprint density at radius 3 is 2.52 bits per heavy atom. The molecule has 2 rings (SSSR count). The van der Waals surface area contributed by atoms with Gasteiger partial charge in [0.05, 0.1) is 19.3 Å². The minimum Gasteiger partial charge on any atom is -0.390 e. The second kappa shape index (κ2) is 9.38. The molecular formula is C16H30N2O3. The molecule has 2 aliphatic rings. The van der Waals surface area contributed by atoms with E-state index in [0.29, 0.717) is 25.4 Å². The first kappa shape index (κ1) is 16.7. The summed E-state index contributed by atoms with van der Waals surface area (Å²) in [6, 6.07) is 0.